The second kappa shape index (κ2) is 6.39. The summed E-state index contributed by atoms with van der Waals surface area (Å²) < 4.78 is 10.2. The maximum atomic E-state index is 11.6. The van der Waals surface area contributed by atoms with Gasteiger partial charge in [-0.2, -0.15) is 0 Å². The number of rotatable bonds is 3. The molecule has 0 amide bonds. The summed E-state index contributed by atoms with van der Waals surface area (Å²) in [6.07, 6.45) is 2.00. The molecule has 1 aliphatic heterocycles. The Morgan fingerprint density at radius 3 is 2.57 bits per heavy atom. The molecule has 0 aliphatic carbocycles. The van der Waals surface area contributed by atoms with Gasteiger partial charge in [-0.3, -0.25) is 0 Å². The quantitative estimate of drug-likeness (QED) is 0.485. The summed E-state index contributed by atoms with van der Waals surface area (Å²) in [5, 5.41) is 2.19. The molecule has 3 nitrogen and oxygen atoms in total. The molecular weight excluding hydrogens is 284 g/mol. The smallest absolute Gasteiger partial charge is 0.434 e. The number of carbonyl (C=O) groups is 1. The van der Waals surface area contributed by atoms with E-state index in [0.29, 0.717) is 23.3 Å². The lowest BCUT2D eigenvalue weighted by Crippen LogP contribution is -2.10. The minimum absolute atomic E-state index is 0.318. The van der Waals surface area contributed by atoms with Crippen LogP contribution in [0.25, 0.3) is 10.8 Å². The van der Waals surface area contributed by atoms with E-state index in [1.54, 1.807) is 6.92 Å². The molecule has 0 aromatic heterocycles. The molecule has 1 heterocycles. The highest BCUT2D eigenvalue weighted by Gasteiger charge is 2.28. The Balaban J connectivity index is 1.99. The zero-order valence-electron chi connectivity index (χ0n) is 12.1. The van der Waals surface area contributed by atoms with Gasteiger partial charge in [-0.1, -0.05) is 18.2 Å². The number of hydrogen-bond donors (Lipinski definition) is 0. The summed E-state index contributed by atoms with van der Waals surface area (Å²) in [4.78, 5) is 13.0. The van der Waals surface area contributed by atoms with Crippen molar-refractivity contribution in [2.75, 3.05) is 18.1 Å². The van der Waals surface area contributed by atoms with Gasteiger partial charge in [0.2, 0.25) is 0 Å². The van der Waals surface area contributed by atoms with Gasteiger partial charge in [0.1, 0.15) is 17.3 Å². The third kappa shape index (κ3) is 3.00. The van der Waals surface area contributed by atoms with Crippen LogP contribution in [0.1, 0.15) is 19.8 Å². The van der Waals surface area contributed by atoms with Gasteiger partial charge in [0, 0.05) is 21.7 Å². The van der Waals surface area contributed by atoms with E-state index in [4.69, 9.17) is 9.47 Å². The molecule has 3 rings (SSSR count). The summed E-state index contributed by atoms with van der Waals surface area (Å²) in [6.45, 7) is 2.09. The molecule has 0 N–H and O–H groups in total. The highest BCUT2D eigenvalue weighted by atomic mass is 32.2. The number of benzene rings is 2. The van der Waals surface area contributed by atoms with E-state index in [9.17, 15) is 4.79 Å². The van der Waals surface area contributed by atoms with Crippen LogP contribution < -0.4 is 4.74 Å². The number of hydrogen-bond acceptors (Lipinski definition) is 3. The third-order valence-corrected chi connectivity index (χ3v) is 6.18. The fourth-order valence-corrected chi connectivity index (χ4v) is 5.21. The van der Waals surface area contributed by atoms with Crippen molar-refractivity contribution in [3.63, 3.8) is 0 Å². The largest absolute Gasteiger partial charge is 0.513 e. The second-order valence-electron chi connectivity index (χ2n) is 5.00. The van der Waals surface area contributed by atoms with Gasteiger partial charge in [0.25, 0.3) is 0 Å². The Kier molecular flexibility index (Phi) is 4.34. The van der Waals surface area contributed by atoms with E-state index in [2.05, 4.69) is 18.2 Å². The van der Waals surface area contributed by atoms with Crippen molar-refractivity contribution < 1.29 is 14.3 Å². The average Bonchev–Trinajstić information content (AvgIpc) is 3.01. The molecule has 0 radical (unpaired) electrons. The predicted molar refractivity (Wildman–Crippen MR) is 86.2 cm³/mol. The minimum atomic E-state index is -0.640. The summed E-state index contributed by atoms with van der Waals surface area (Å²) in [7, 11) is 0.339. The van der Waals surface area contributed by atoms with E-state index < -0.39 is 6.16 Å². The first-order valence-corrected chi connectivity index (χ1v) is 8.89. The first-order chi connectivity index (χ1) is 10.3. The molecule has 2 aromatic rings. The molecule has 0 bridgehead atoms. The van der Waals surface area contributed by atoms with Gasteiger partial charge in [0.15, 0.2) is 4.90 Å². The van der Waals surface area contributed by atoms with Crippen molar-refractivity contribution in [3.8, 4) is 5.75 Å². The zero-order chi connectivity index (χ0) is 14.7. The normalized spacial score (nSPS) is 15.3. The molecule has 0 atom stereocenters. The molecule has 1 aliphatic rings. The van der Waals surface area contributed by atoms with Gasteiger partial charge >= 0.3 is 6.16 Å². The SMILES string of the molecule is CCOC(=O)Oc1cccc2c([S+]3CCCC3)cccc12. The molecular formula is C17H19O3S+. The molecule has 0 saturated carbocycles. The fraction of sp³-hybridized carbons (Fsp3) is 0.353. The van der Waals surface area contributed by atoms with Crippen LogP contribution in [0.15, 0.2) is 41.3 Å². The van der Waals surface area contributed by atoms with E-state index in [-0.39, 0.29) is 0 Å². The van der Waals surface area contributed by atoms with Crippen molar-refractivity contribution >= 4 is 27.8 Å². The van der Waals surface area contributed by atoms with Crippen LogP contribution in [0, 0.1) is 0 Å². The third-order valence-electron chi connectivity index (χ3n) is 3.64. The van der Waals surface area contributed by atoms with Gasteiger partial charge < -0.3 is 9.47 Å². The molecule has 4 heteroatoms. The molecule has 110 valence electrons. The molecule has 1 saturated heterocycles. The molecule has 2 aromatic carbocycles. The lowest BCUT2D eigenvalue weighted by Gasteiger charge is -2.09. The average molecular weight is 303 g/mol. The van der Waals surface area contributed by atoms with Crippen molar-refractivity contribution in [2.45, 2.75) is 24.7 Å². The predicted octanol–water partition coefficient (Wildman–Crippen LogP) is 4.15. The molecule has 21 heavy (non-hydrogen) atoms. The number of ether oxygens (including phenoxy) is 2. The zero-order valence-corrected chi connectivity index (χ0v) is 12.9. The van der Waals surface area contributed by atoms with Gasteiger partial charge in [-0.05, 0) is 38.0 Å². The van der Waals surface area contributed by atoms with Crippen molar-refractivity contribution in [1.82, 2.24) is 0 Å². The summed E-state index contributed by atoms with van der Waals surface area (Å²) >= 11 is 0. The van der Waals surface area contributed by atoms with E-state index in [1.807, 2.05) is 18.2 Å². The van der Waals surface area contributed by atoms with Crippen LogP contribution >= 0.6 is 0 Å². The lowest BCUT2D eigenvalue weighted by molar-refractivity contribution is 0.105. The Labute approximate surface area is 127 Å². The summed E-state index contributed by atoms with van der Waals surface area (Å²) in [5.41, 5.74) is 0. The maximum Gasteiger partial charge on any atom is 0.513 e. The monoisotopic (exact) mass is 303 g/mol. The second-order valence-corrected chi connectivity index (χ2v) is 7.24. The van der Waals surface area contributed by atoms with E-state index in [1.165, 1.54) is 34.6 Å². The van der Waals surface area contributed by atoms with Crippen molar-refractivity contribution in [2.24, 2.45) is 0 Å². The minimum Gasteiger partial charge on any atom is -0.434 e. The first kappa shape index (κ1) is 14.3. The standard InChI is InChI=1S/C17H19O3S/c1-2-19-17(18)20-15-9-5-8-14-13(15)7-6-10-16(14)21-11-3-4-12-21/h5-10H,2-4,11-12H2,1H3/q+1. The van der Waals surface area contributed by atoms with Crippen LogP contribution in [0.4, 0.5) is 4.79 Å². The Morgan fingerprint density at radius 2 is 1.81 bits per heavy atom. The molecule has 0 spiro atoms. The van der Waals surface area contributed by atoms with Crippen LogP contribution in [0.2, 0.25) is 0 Å². The Bertz CT molecular complexity index is 648. The fourth-order valence-electron chi connectivity index (χ4n) is 2.70. The first-order valence-electron chi connectivity index (χ1n) is 7.33. The highest BCUT2D eigenvalue weighted by molar-refractivity contribution is 7.97. The van der Waals surface area contributed by atoms with Gasteiger partial charge in [0.05, 0.1) is 6.61 Å². The van der Waals surface area contributed by atoms with Gasteiger partial charge in [-0.25, -0.2) is 4.79 Å². The van der Waals surface area contributed by atoms with Crippen LogP contribution in [0.3, 0.4) is 0 Å². The van der Waals surface area contributed by atoms with Crippen molar-refractivity contribution in [1.29, 1.82) is 0 Å². The number of carbonyl (C=O) groups excluding carboxylic acids is 1. The highest BCUT2D eigenvalue weighted by Crippen LogP contribution is 2.33. The summed E-state index contributed by atoms with van der Waals surface area (Å²) in [6, 6.07) is 12.2. The number of fused-ring (bicyclic) bond motifs is 1. The lowest BCUT2D eigenvalue weighted by atomic mass is 10.1. The van der Waals surface area contributed by atoms with Crippen molar-refractivity contribution in [3.05, 3.63) is 36.4 Å². The summed E-state index contributed by atoms with van der Waals surface area (Å²) in [5.74, 6) is 3.14. The van der Waals surface area contributed by atoms with Crippen LogP contribution in [-0.4, -0.2) is 24.3 Å². The topological polar surface area (TPSA) is 35.5 Å². The van der Waals surface area contributed by atoms with E-state index in [0.717, 1.165) is 5.39 Å². The Morgan fingerprint density at radius 1 is 1.10 bits per heavy atom. The maximum absolute atomic E-state index is 11.6. The molecule has 1 fully saturated rings. The van der Waals surface area contributed by atoms with Crippen LogP contribution in [0.5, 0.6) is 5.75 Å². The molecule has 0 unspecified atom stereocenters. The Hall–Kier alpha value is -1.68. The van der Waals surface area contributed by atoms with Crippen LogP contribution in [-0.2, 0) is 15.6 Å². The van der Waals surface area contributed by atoms with E-state index >= 15 is 0 Å². The van der Waals surface area contributed by atoms with Gasteiger partial charge in [-0.15, -0.1) is 0 Å².